The molecule has 19 heavy (non-hydrogen) atoms. The van der Waals surface area contributed by atoms with E-state index in [1.165, 1.54) is 51.4 Å². The smallest absolute Gasteiger partial charge is 0.0520 e. The molecule has 0 saturated carbocycles. The van der Waals surface area contributed by atoms with Crippen LogP contribution >= 0.6 is 0 Å². The van der Waals surface area contributed by atoms with Gasteiger partial charge in [0, 0.05) is 0 Å². The molecule has 0 heterocycles. The van der Waals surface area contributed by atoms with E-state index < -0.39 is 0 Å². The molecule has 0 atom stereocenters. The minimum absolute atomic E-state index is 0.128. The van der Waals surface area contributed by atoms with Gasteiger partial charge in [-0.15, -0.1) is 0 Å². The van der Waals surface area contributed by atoms with Gasteiger partial charge in [0.15, 0.2) is 0 Å². The highest BCUT2D eigenvalue weighted by Crippen LogP contribution is 2.21. The van der Waals surface area contributed by atoms with Crippen LogP contribution in [0.1, 0.15) is 70.6 Å². The predicted molar refractivity (Wildman–Crippen MR) is 84.5 cm³/mol. The third-order valence-electron chi connectivity index (χ3n) is 3.78. The third-order valence-corrected chi connectivity index (χ3v) is 3.78. The van der Waals surface area contributed by atoms with Gasteiger partial charge in [0.2, 0.25) is 0 Å². The van der Waals surface area contributed by atoms with Gasteiger partial charge in [0.25, 0.3) is 0 Å². The van der Waals surface area contributed by atoms with Crippen LogP contribution in [0, 0.1) is 5.92 Å². The van der Waals surface area contributed by atoms with Gasteiger partial charge in [0.1, 0.15) is 0 Å². The summed E-state index contributed by atoms with van der Waals surface area (Å²) in [6.07, 6.45) is 13.5. The van der Waals surface area contributed by atoms with Gasteiger partial charge in [-0.3, -0.25) is 0 Å². The lowest BCUT2D eigenvalue weighted by Crippen LogP contribution is -2.29. The highest BCUT2D eigenvalue weighted by Gasteiger charge is 2.07. The van der Waals surface area contributed by atoms with Gasteiger partial charge >= 0.3 is 0 Å². The Hall–Kier alpha value is -0.160. The molecule has 0 aromatic rings. The largest absolute Gasteiger partial charge is 0.330 e. The van der Waals surface area contributed by atoms with E-state index in [0.29, 0.717) is 0 Å². The van der Waals surface area contributed by atoms with Crippen LogP contribution in [0.3, 0.4) is 0 Å². The lowest BCUT2D eigenvalue weighted by Gasteiger charge is -2.16. The summed E-state index contributed by atoms with van der Waals surface area (Å²) < 4.78 is 0. The monoisotopic (exact) mass is 272 g/mol. The molecule has 0 aromatic carbocycles. The molecule has 0 rings (SSSR count). The summed E-state index contributed by atoms with van der Waals surface area (Å²) >= 11 is 0. The van der Waals surface area contributed by atoms with Crippen LogP contribution in [0.15, 0.2) is 0 Å². The Balaban J connectivity index is 3.45. The van der Waals surface area contributed by atoms with E-state index in [2.05, 4.69) is 0 Å². The number of nitrogens with two attached hydrogens (primary N) is 4. The SMILES string of the molecule is NCCCC(CCCN)CCCCCCCC(N)N. The van der Waals surface area contributed by atoms with Crippen LogP contribution in [0.4, 0.5) is 0 Å². The molecule has 4 nitrogen and oxygen atoms in total. The summed E-state index contributed by atoms with van der Waals surface area (Å²) in [4.78, 5) is 0. The maximum atomic E-state index is 5.59. The van der Waals surface area contributed by atoms with Crippen molar-refractivity contribution < 1.29 is 0 Å². The van der Waals surface area contributed by atoms with Gasteiger partial charge in [-0.05, 0) is 51.1 Å². The quantitative estimate of drug-likeness (QED) is 0.287. The van der Waals surface area contributed by atoms with Crippen LogP contribution in [0.25, 0.3) is 0 Å². The zero-order chi connectivity index (χ0) is 14.3. The topological polar surface area (TPSA) is 104 Å². The minimum Gasteiger partial charge on any atom is -0.330 e. The zero-order valence-corrected chi connectivity index (χ0v) is 12.7. The molecular weight excluding hydrogens is 236 g/mol. The molecule has 116 valence electrons. The summed E-state index contributed by atoms with van der Waals surface area (Å²) in [5, 5.41) is 0. The molecule has 0 aromatic heterocycles. The first-order chi connectivity index (χ1) is 9.20. The molecule has 0 fully saturated rings. The van der Waals surface area contributed by atoms with Crippen molar-refractivity contribution in [2.45, 2.75) is 76.8 Å². The van der Waals surface area contributed by atoms with Crippen molar-refractivity contribution in [2.24, 2.45) is 28.9 Å². The first-order valence-electron chi connectivity index (χ1n) is 8.12. The van der Waals surface area contributed by atoms with Gasteiger partial charge in [-0.1, -0.05) is 38.5 Å². The van der Waals surface area contributed by atoms with E-state index in [9.17, 15) is 0 Å². The summed E-state index contributed by atoms with van der Waals surface area (Å²) in [6, 6.07) is 0. The average molecular weight is 272 g/mol. The fourth-order valence-electron chi connectivity index (χ4n) is 2.59. The van der Waals surface area contributed by atoms with Crippen molar-refractivity contribution in [1.82, 2.24) is 0 Å². The third kappa shape index (κ3) is 14.1. The highest BCUT2D eigenvalue weighted by atomic mass is 14.8. The van der Waals surface area contributed by atoms with Crippen LogP contribution in [0.2, 0.25) is 0 Å². The Morgan fingerprint density at radius 1 is 0.526 bits per heavy atom. The maximum Gasteiger partial charge on any atom is 0.0520 e. The summed E-state index contributed by atoms with van der Waals surface area (Å²) in [5.74, 6) is 0.838. The van der Waals surface area contributed by atoms with Gasteiger partial charge in [-0.2, -0.15) is 0 Å². The normalized spacial score (nSPS) is 11.7. The molecule has 0 radical (unpaired) electrons. The Morgan fingerprint density at radius 2 is 0.947 bits per heavy atom. The van der Waals surface area contributed by atoms with Crippen LogP contribution in [-0.4, -0.2) is 19.3 Å². The zero-order valence-electron chi connectivity index (χ0n) is 12.7. The number of unbranched alkanes of at least 4 members (excludes halogenated alkanes) is 4. The number of hydrogen-bond acceptors (Lipinski definition) is 4. The molecule has 0 spiro atoms. The number of hydrogen-bond donors (Lipinski definition) is 4. The van der Waals surface area contributed by atoms with Crippen molar-refractivity contribution in [1.29, 1.82) is 0 Å². The fourth-order valence-corrected chi connectivity index (χ4v) is 2.59. The molecule has 0 bridgehead atoms. The van der Waals surface area contributed by atoms with E-state index in [4.69, 9.17) is 22.9 Å². The minimum atomic E-state index is -0.128. The van der Waals surface area contributed by atoms with Crippen molar-refractivity contribution in [3.05, 3.63) is 0 Å². The fraction of sp³-hybridized carbons (Fsp3) is 1.00. The Kier molecular flexibility index (Phi) is 14.1. The van der Waals surface area contributed by atoms with Crippen molar-refractivity contribution in [2.75, 3.05) is 13.1 Å². The molecule has 0 saturated heterocycles. The van der Waals surface area contributed by atoms with Gasteiger partial charge in [0.05, 0.1) is 6.17 Å². The van der Waals surface area contributed by atoms with Gasteiger partial charge < -0.3 is 22.9 Å². The van der Waals surface area contributed by atoms with E-state index in [0.717, 1.165) is 38.3 Å². The lowest BCUT2D eigenvalue weighted by atomic mass is 9.91. The van der Waals surface area contributed by atoms with E-state index in [1.807, 2.05) is 0 Å². The summed E-state index contributed by atoms with van der Waals surface area (Å²) in [7, 11) is 0. The molecule has 0 amide bonds. The molecule has 0 aliphatic heterocycles. The molecule has 0 aliphatic carbocycles. The van der Waals surface area contributed by atoms with Crippen LogP contribution in [0.5, 0.6) is 0 Å². The Bertz CT molecular complexity index is 166. The summed E-state index contributed by atoms with van der Waals surface area (Å²) in [5.41, 5.74) is 22.2. The van der Waals surface area contributed by atoms with Crippen molar-refractivity contribution >= 4 is 0 Å². The van der Waals surface area contributed by atoms with E-state index in [-0.39, 0.29) is 6.17 Å². The van der Waals surface area contributed by atoms with Crippen molar-refractivity contribution in [3.63, 3.8) is 0 Å². The first kappa shape index (κ1) is 18.8. The van der Waals surface area contributed by atoms with E-state index >= 15 is 0 Å². The van der Waals surface area contributed by atoms with Crippen LogP contribution < -0.4 is 22.9 Å². The molecular formula is C15H36N4. The Morgan fingerprint density at radius 3 is 1.42 bits per heavy atom. The molecule has 0 unspecified atom stereocenters. The summed E-state index contributed by atoms with van der Waals surface area (Å²) in [6.45, 7) is 1.64. The lowest BCUT2D eigenvalue weighted by molar-refractivity contribution is 0.383. The predicted octanol–water partition coefficient (Wildman–Crippen LogP) is 2.05. The van der Waals surface area contributed by atoms with Gasteiger partial charge in [-0.25, -0.2) is 0 Å². The maximum absolute atomic E-state index is 5.59. The second-order valence-electron chi connectivity index (χ2n) is 5.74. The average Bonchev–Trinajstić information content (AvgIpc) is 2.39. The molecule has 0 aliphatic rings. The number of rotatable bonds is 14. The van der Waals surface area contributed by atoms with Crippen molar-refractivity contribution in [3.8, 4) is 0 Å². The molecule has 4 heteroatoms. The Labute approximate surface area is 119 Å². The second-order valence-corrected chi connectivity index (χ2v) is 5.74. The first-order valence-corrected chi connectivity index (χ1v) is 8.12. The standard InChI is InChI=1S/C15H36N4/c16-12-6-9-14(10-7-13-17)8-4-2-1-3-5-11-15(18)19/h14-15H,1-13,16-19H2. The van der Waals surface area contributed by atoms with E-state index in [1.54, 1.807) is 0 Å². The van der Waals surface area contributed by atoms with Crippen LogP contribution in [-0.2, 0) is 0 Å². The highest BCUT2D eigenvalue weighted by molar-refractivity contribution is 4.62. The molecule has 8 N–H and O–H groups in total. The second kappa shape index (κ2) is 14.3.